The van der Waals surface area contributed by atoms with Crippen LogP contribution in [0.3, 0.4) is 0 Å². The summed E-state index contributed by atoms with van der Waals surface area (Å²) >= 11 is 1.18. The maximum absolute atomic E-state index is 13.2. The molecule has 1 atom stereocenters. The molecule has 0 aliphatic carbocycles. The van der Waals surface area contributed by atoms with Crippen molar-refractivity contribution in [1.29, 1.82) is 0 Å². The minimum atomic E-state index is -0.916. The van der Waals surface area contributed by atoms with Crippen LogP contribution < -0.4 is 10.1 Å². The van der Waals surface area contributed by atoms with E-state index in [9.17, 15) is 13.6 Å². The number of nitrogens with one attached hydrogen (secondary N) is 1. The maximum atomic E-state index is 13.2. The lowest BCUT2D eigenvalue weighted by atomic mass is 10.2. The topological polar surface area (TPSA) is 38.3 Å². The number of hydrogen-bond acceptors (Lipinski definition) is 3. The molecule has 2 aromatic carbocycles. The average Bonchev–Trinajstić information content (AvgIpc) is 2.56. The van der Waals surface area contributed by atoms with Crippen LogP contribution >= 0.6 is 11.8 Å². The predicted molar refractivity (Wildman–Crippen MR) is 86.5 cm³/mol. The molecule has 2 rings (SSSR count). The molecule has 122 valence electrons. The van der Waals surface area contributed by atoms with E-state index in [0.29, 0.717) is 11.4 Å². The van der Waals surface area contributed by atoms with Crippen LogP contribution in [0.4, 0.5) is 8.78 Å². The SMILES string of the molecule is COc1ccc(CNC(=O)[C@H](C)Sc2ccc(F)c(F)c2)cc1. The fraction of sp³-hybridized carbons (Fsp3) is 0.235. The molecule has 0 spiro atoms. The molecule has 0 aliphatic heterocycles. The van der Waals surface area contributed by atoms with E-state index in [1.165, 1.54) is 17.8 Å². The molecule has 0 fully saturated rings. The molecule has 1 amide bonds. The lowest BCUT2D eigenvalue weighted by molar-refractivity contribution is -0.120. The molecule has 3 nitrogen and oxygen atoms in total. The number of amides is 1. The molecular weight excluding hydrogens is 320 g/mol. The monoisotopic (exact) mass is 337 g/mol. The molecule has 6 heteroatoms. The molecule has 0 radical (unpaired) electrons. The van der Waals surface area contributed by atoms with Gasteiger partial charge in [-0.3, -0.25) is 4.79 Å². The van der Waals surface area contributed by atoms with Crippen molar-refractivity contribution >= 4 is 17.7 Å². The van der Waals surface area contributed by atoms with Crippen LogP contribution in [0, 0.1) is 11.6 Å². The standard InChI is InChI=1S/C17H17F2NO2S/c1-11(23-14-7-8-15(18)16(19)9-14)17(21)20-10-12-3-5-13(22-2)6-4-12/h3-9,11H,10H2,1-2H3,(H,20,21)/t11-/m0/s1. The third-order valence-electron chi connectivity index (χ3n) is 3.20. The summed E-state index contributed by atoms with van der Waals surface area (Å²) in [5, 5.41) is 2.40. The van der Waals surface area contributed by atoms with Gasteiger partial charge < -0.3 is 10.1 Å². The van der Waals surface area contributed by atoms with Gasteiger partial charge in [0.05, 0.1) is 12.4 Å². The van der Waals surface area contributed by atoms with E-state index in [4.69, 9.17) is 4.74 Å². The van der Waals surface area contributed by atoms with Gasteiger partial charge in [-0.2, -0.15) is 0 Å². The van der Waals surface area contributed by atoms with E-state index >= 15 is 0 Å². The normalized spacial score (nSPS) is 11.8. The van der Waals surface area contributed by atoms with Gasteiger partial charge in [0.25, 0.3) is 0 Å². The Morgan fingerprint density at radius 3 is 2.48 bits per heavy atom. The van der Waals surface area contributed by atoms with E-state index in [-0.39, 0.29) is 5.91 Å². The summed E-state index contributed by atoms with van der Waals surface area (Å²) in [6, 6.07) is 11.0. The van der Waals surface area contributed by atoms with Gasteiger partial charge in [0, 0.05) is 11.4 Å². The summed E-state index contributed by atoms with van der Waals surface area (Å²) < 4.78 is 31.1. The first-order valence-corrected chi connectivity index (χ1v) is 7.90. The van der Waals surface area contributed by atoms with Crippen molar-refractivity contribution in [3.05, 3.63) is 59.7 Å². The van der Waals surface area contributed by atoms with E-state index in [2.05, 4.69) is 5.32 Å². The second kappa shape index (κ2) is 7.97. The first kappa shape index (κ1) is 17.3. The highest BCUT2D eigenvalue weighted by atomic mass is 32.2. The van der Waals surface area contributed by atoms with Crippen LogP contribution in [0.15, 0.2) is 47.4 Å². The van der Waals surface area contributed by atoms with Crippen LogP contribution in [0.2, 0.25) is 0 Å². The average molecular weight is 337 g/mol. The van der Waals surface area contributed by atoms with Crippen LogP contribution in [0.25, 0.3) is 0 Å². The molecule has 0 aromatic heterocycles. The fourth-order valence-electron chi connectivity index (χ4n) is 1.88. The second-order valence-electron chi connectivity index (χ2n) is 4.90. The van der Waals surface area contributed by atoms with Crippen molar-refractivity contribution < 1.29 is 18.3 Å². The van der Waals surface area contributed by atoms with Gasteiger partial charge in [0.1, 0.15) is 5.75 Å². The Morgan fingerprint density at radius 1 is 1.17 bits per heavy atom. The van der Waals surface area contributed by atoms with Crippen molar-refractivity contribution in [2.75, 3.05) is 7.11 Å². The predicted octanol–water partition coefficient (Wildman–Crippen LogP) is 3.77. The molecule has 0 aliphatic rings. The lowest BCUT2D eigenvalue weighted by Gasteiger charge is -2.12. The van der Waals surface area contributed by atoms with Crippen molar-refractivity contribution in [2.24, 2.45) is 0 Å². The van der Waals surface area contributed by atoms with Gasteiger partial charge in [-0.25, -0.2) is 8.78 Å². The molecule has 1 N–H and O–H groups in total. The summed E-state index contributed by atoms with van der Waals surface area (Å²) in [5.74, 6) is -1.23. The third-order valence-corrected chi connectivity index (χ3v) is 4.29. The molecule has 0 heterocycles. The first-order valence-electron chi connectivity index (χ1n) is 7.02. The summed E-state index contributed by atoms with van der Waals surface area (Å²) in [4.78, 5) is 12.6. The summed E-state index contributed by atoms with van der Waals surface area (Å²) in [6.45, 7) is 2.11. The van der Waals surface area contributed by atoms with Crippen molar-refractivity contribution in [3.8, 4) is 5.75 Å². The number of thioether (sulfide) groups is 1. The Hall–Kier alpha value is -2.08. The van der Waals surface area contributed by atoms with Gasteiger partial charge in [-0.15, -0.1) is 11.8 Å². The van der Waals surface area contributed by atoms with Crippen molar-refractivity contribution in [1.82, 2.24) is 5.32 Å². The largest absolute Gasteiger partial charge is 0.497 e. The Kier molecular flexibility index (Phi) is 5.98. The van der Waals surface area contributed by atoms with Crippen LogP contribution in [0.1, 0.15) is 12.5 Å². The van der Waals surface area contributed by atoms with Gasteiger partial charge in [0.2, 0.25) is 5.91 Å². The van der Waals surface area contributed by atoms with E-state index < -0.39 is 16.9 Å². The zero-order chi connectivity index (χ0) is 16.8. The molecule has 2 aromatic rings. The number of halogens is 2. The van der Waals surface area contributed by atoms with Crippen LogP contribution in [-0.2, 0) is 11.3 Å². The van der Waals surface area contributed by atoms with Crippen molar-refractivity contribution in [3.63, 3.8) is 0 Å². The number of rotatable bonds is 6. The Balaban J connectivity index is 1.87. The number of carbonyl (C=O) groups excluding carboxylic acids is 1. The molecule has 0 bridgehead atoms. The van der Waals surface area contributed by atoms with Crippen LogP contribution in [0.5, 0.6) is 5.75 Å². The van der Waals surface area contributed by atoms with E-state index in [0.717, 1.165) is 23.4 Å². The van der Waals surface area contributed by atoms with Crippen LogP contribution in [-0.4, -0.2) is 18.3 Å². The summed E-state index contributed by atoms with van der Waals surface area (Å²) in [5.41, 5.74) is 0.948. The van der Waals surface area contributed by atoms with Gasteiger partial charge >= 0.3 is 0 Å². The zero-order valence-corrected chi connectivity index (χ0v) is 13.6. The molecule has 0 unspecified atom stereocenters. The highest BCUT2D eigenvalue weighted by Gasteiger charge is 2.15. The highest BCUT2D eigenvalue weighted by molar-refractivity contribution is 8.00. The van der Waals surface area contributed by atoms with E-state index in [1.807, 2.05) is 24.3 Å². The van der Waals surface area contributed by atoms with Gasteiger partial charge in [-0.1, -0.05) is 12.1 Å². The van der Waals surface area contributed by atoms with E-state index in [1.54, 1.807) is 14.0 Å². The number of ether oxygens (including phenoxy) is 1. The molecule has 0 saturated carbocycles. The number of hydrogen-bond donors (Lipinski definition) is 1. The number of benzene rings is 2. The number of methoxy groups -OCH3 is 1. The highest BCUT2D eigenvalue weighted by Crippen LogP contribution is 2.25. The smallest absolute Gasteiger partial charge is 0.233 e. The minimum Gasteiger partial charge on any atom is -0.497 e. The molecular formula is C17H17F2NO2S. The molecule has 23 heavy (non-hydrogen) atoms. The minimum absolute atomic E-state index is 0.171. The van der Waals surface area contributed by atoms with Gasteiger partial charge in [-0.05, 0) is 42.8 Å². The number of carbonyl (C=O) groups is 1. The summed E-state index contributed by atoms with van der Waals surface area (Å²) in [6.07, 6.45) is 0. The summed E-state index contributed by atoms with van der Waals surface area (Å²) in [7, 11) is 1.59. The first-order chi connectivity index (χ1) is 11.0. The Bertz CT molecular complexity index is 677. The third kappa shape index (κ3) is 4.96. The van der Waals surface area contributed by atoms with Gasteiger partial charge in [0.15, 0.2) is 11.6 Å². The molecule has 0 saturated heterocycles. The lowest BCUT2D eigenvalue weighted by Crippen LogP contribution is -2.30. The quantitative estimate of drug-likeness (QED) is 0.816. The second-order valence-corrected chi connectivity index (χ2v) is 6.32. The fourth-order valence-corrected chi connectivity index (χ4v) is 2.80. The maximum Gasteiger partial charge on any atom is 0.233 e. The van der Waals surface area contributed by atoms with Crippen molar-refractivity contribution in [2.45, 2.75) is 23.6 Å². The zero-order valence-electron chi connectivity index (χ0n) is 12.8. The Labute approximate surface area is 138 Å². The Morgan fingerprint density at radius 2 is 1.87 bits per heavy atom.